The topological polar surface area (TPSA) is 68.2 Å². The van der Waals surface area contributed by atoms with E-state index in [0.717, 1.165) is 54.2 Å². The molecule has 1 atom stereocenters. The summed E-state index contributed by atoms with van der Waals surface area (Å²) >= 11 is 0. The van der Waals surface area contributed by atoms with E-state index in [-0.39, 0.29) is 5.92 Å². The van der Waals surface area contributed by atoms with Gasteiger partial charge in [0.15, 0.2) is 0 Å². The van der Waals surface area contributed by atoms with Crippen LogP contribution in [0.1, 0.15) is 29.5 Å². The molecule has 0 bridgehead atoms. The van der Waals surface area contributed by atoms with Crippen LogP contribution in [0, 0.1) is 5.92 Å². The quantitative estimate of drug-likeness (QED) is 0.336. The van der Waals surface area contributed by atoms with Gasteiger partial charge in [-0.05, 0) is 78.9 Å². The molecule has 1 N–H and O–H groups in total. The number of nitrogens with zero attached hydrogens (tertiary/aromatic N) is 1. The standard InChI is InChI=1S/C32H37NO5/c1-36-28-13-7-24(8-14-28)22-32(26-9-15-29(37-2)16-10-26,27-11-17-30(38-3)18-12-27)19-5-21-33-20-4-6-25(23-33)31(34)35/h5,7-19,25H,4,6,20-23H2,1-3H3,(H,34,35)/b19-5+. The van der Waals surface area contributed by atoms with Crippen molar-refractivity contribution in [1.82, 2.24) is 4.90 Å². The summed E-state index contributed by atoms with van der Waals surface area (Å²) in [6, 6.07) is 24.7. The normalized spacial score (nSPS) is 16.3. The monoisotopic (exact) mass is 515 g/mol. The summed E-state index contributed by atoms with van der Waals surface area (Å²) in [5.41, 5.74) is 2.97. The number of benzene rings is 3. The zero-order valence-electron chi connectivity index (χ0n) is 22.4. The number of aliphatic carboxylic acids is 1. The average molecular weight is 516 g/mol. The number of rotatable bonds is 11. The number of carbonyl (C=O) groups is 1. The maximum Gasteiger partial charge on any atom is 0.307 e. The van der Waals surface area contributed by atoms with Crippen LogP contribution >= 0.6 is 0 Å². The number of methoxy groups -OCH3 is 3. The largest absolute Gasteiger partial charge is 0.497 e. The van der Waals surface area contributed by atoms with Crippen LogP contribution in [-0.2, 0) is 16.6 Å². The van der Waals surface area contributed by atoms with E-state index in [1.807, 2.05) is 36.4 Å². The number of hydrogen-bond donors (Lipinski definition) is 1. The average Bonchev–Trinajstić information content (AvgIpc) is 2.97. The number of ether oxygens (including phenoxy) is 3. The van der Waals surface area contributed by atoms with Gasteiger partial charge in [-0.25, -0.2) is 0 Å². The molecule has 3 aromatic carbocycles. The van der Waals surface area contributed by atoms with Gasteiger partial charge in [0.05, 0.1) is 27.2 Å². The Bertz CT molecular complexity index is 1150. The fourth-order valence-electron chi connectivity index (χ4n) is 5.29. The first-order valence-corrected chi connectivity index (χ1v) is 13.0. The summed E-state index contributed by atoms with van der Waals surface area (Å²) in [7, 11) is 5.02. The molecular formula is C32H37NO5. The van der Waals surface area contributed by atoms with Gasteiger partial charge in [-0.1, -0.05) is 48.6 Å². The molecule has 1 heterocycles. The van der Waals surface area contributed by atoms with Gasteiger partial charge in [0.25, 0.3) is 0 Å². The van der Waals surface area contributed by atoms with E-state index < -0.39 is 11.4 Å². The smallest absolute Gasteiger partial charge is 0.307 e. The molecule has 1 aliphatic heterocycles. The Morgan fingerprint density at radius 2 is 1.37 bits per heavy atom. The number of hydrogen-bond acceptors (Lipinski definition) is 5. The molecular weight excluding hydrogens is 478 g/mol. The molecule has 4 rings (SSSR count). The predicted octanol–water partition coefficient (Wildman–Crippen LogP) is 5.59. The van der Waals surface area contributed by atoms with Crippen molar-refractivity contribution in [1.29, 1.82) is 0 Å². The van der Waals surface area contributed by atoms with Gasteiger partial charge in [-0.15, -0.1) is 0 Å². The first-order valence-electron chi connectivity index (χ1n) is 13.0. The fourth-order valence-corrected chi connectivity index (χ4v) is 5.29. The fraction of sp³-hybridized carbons (Fsp3) is 0.344. The maximum atomic E-state index is 11.6. The van der Waals surface area contributed by atoms with Crippen LogP contribution in [0.5, 0.6) is 17.2 Å². The van der Waals surface area contributed by atoms with Crippen molar-refractivity contribution in [3.05, 3.63) is 102 Å². The molecule has 38 heavy (non-hydrogen) atoms. The van der Waals surface area contributed by atoms with Gasteiger partial charge in [-0.2, -0.15) is 0 Å². The van der Waals surface area contributed by atoms with Crippen LogP contribution in [0.25, 0.3) is 0 Å². The maximum absolute atomic E-state index is 11.6. The number of allylic oxidation sites excluding steroid dienone is 1. The van der Waals surface area contributed by atoms with Crippen molar-refractivity contribution < 1.29 is 24.1 Å². The van der Waals surface area contributed by atoms with Crippen LogP contribution < -0.4 is 14.2 Å². The van der Waals surface area contributed by atoms with Crippen LogP contribution in [0.15, 0.2) is 84.9 Å². The lowest BCUT2D eigenvalue weighted by molar-refractivity contribution is -0.143. The third-order valence-electron chi connectivity index (χ3n) is 7.47. The SMILES string of the molecule is COc1ccc(CC(/C=C/CN2CCCC(C(=O)O)C2)(c2ccc(OC)cc2)c2ccc(OC)cc2)cc1. The summed E-state index contributed by atoms with van der Waals surface area (Å²) in [5, 5.41) is 9.52. The Morgan fingerprint density at radius 1 is 0.868 bits per heavy atom. The Morgan fingerprint density at radius 3 is 1.84 bits per heavy atom. The highest BCUT2D eigenvalue weighted by Gasteiger charge is 2.33. The Kier molecular flexibility index (Phi) is 9.08. The van der Waals surface area contributed by atoms with E-state index in [4.69, 9.17) is 14.2 Å². The van der Waals surface area contributed by atoms with Crippen molar-refractivity contribution in [2.75, 3.05) is 41.0 Å². The van der Waals surface area contributed by atoms with Gasteiger partial charge in [0.1, 0.15) is 17.2 Å². The van der Waals surface area contributed by atoms with Crippen LogP contribution in [0.2, 0.25) is 0 Å². The predicted molar refractivity (Wildman–Crippen MR) is 149 cm³/mol. The third kappa shape index (κ3) is 6.37. The summed E-state index contributed by atoms with van der Waals surface area (Å²) in [6.07, 6.45) is 6.85. The first kappa shape index (κ1) is 27.3. The number of carboxylic acid groups (broad SMARTS) is 1. The van der Waals surface area contributed by atoms with E-state index >= 15 is 0 Å². The Labute approximate surface area is 225 Å². The Balaban J connectivity index is 1.76. The molecule has 0 aromatic heterocycles. The molecule has 6 heteroatoms. The van der Waals surface area contributed by atoms with E-state index in [2.05, 4.69) is 53.5 Å². The van der Waals surface area contributed by atoms with Crippen molar-refractivity contribution in [2.45, 2.75) is 24.7 Å². The molecule has 0 radical (unpaired) electrons. The second-order valence-electron chi connectivity index (χ2n) is 9.79. The highest BCUT2D eigenvalue weighted by atomic mass is 16.5. The molecule has 1 unspecified atom stereocenters. The minimum atomic E-state index is -0.705. The highest BCUT2D eigenvalue weighted by Crippen LogP contribution is 2.39. The lowest BCUT2D eigenvalue weighted by Crippen LogP contribution is -2.39. The van der Waals surface area contributed by atoms with Gasteiger partial charge in [0, 0.05) is 18.5 Å². The minimum Gasteiger partial charge on any atom is -0.497 e. The molecule has 0 spiro atoms. The number of carboxylic acids is 1. The molecule has 0 aliphatic carbocycles. The molecule has 200 valence electrons. The van der Waals surface area contributed by atoms with E-state index in [9.17, 15) is 9.90 Å². The summed E-state index contributed by atoms with van der Waals surface area (Å²) in [4.78, 5) is 13.8. The summed E-state index contributed by atoms with van der Waals surface area (Å²) in [6.45, 7) is 2.18. The number of piperidine rings is 1. The second-order valence-corrected chi connectivity index (χ2v) is 9.79. The van der Waals surface area contributed by atoms with Gasteiger partial charge in [-0.3, -0.25) is 9.69 Å². The van der Waals surface area contributed by atoms with E-state index in [0.29, 0.717) is 13.1 Å². The summed E-state index contributed by atoms with van der Waals surface area (Å²) < 4.78 is 16.3. The molecule has 1 fully saturated rings. The molecule has 0 amide bonds. The van der Waals surface area contributed by atoms with Crippen LogP contribution in [0.3, 0.4) is 0 Å². The molecule has 1 aliphatic rings. The molecule has 3 aromatic rings. The number of likely N-dealkylation sites (tertiary alicyclic amines) is 1. The van der Waals surface area contributed by atoms with Crippen molar-refractivity contribution in [2.24, 2.45) is 5.92 Å². The Hall–Kier alpha value is -3.77. The van der Waals surface area contributed by atoms with Crippen molar-refractivity contribution in [3.8, 4) is 17.2 Å². The van der Waals surface area contributed by atoms with Crippen molar-refractivity contribution in [3.63, 3.8) is 0 Å². The van der Waals surface area contributed by atoms with Gasteiger partial charge < -0.3 is 19.3 Å². The van der Waals surface area contributed by atoms with E-state index in [1.54, 1.807) is 21.3 Å². The highest BCUT2D eigenvalue weighted by molar-refractivity contribution is 5.70. The first-order chi connectivity index (χ1) is 18.5. The van der Waals surface area contributed by atoms with Crippen LogP contribution in [0.4, 0.5) is 0 Å². The molecule has 0 saturated carbocycles. The zero-order chi connectivity index (χ0) is 27.0. The lowest BCUT2D eigenvalue weighted by atomic mass is 9.70. The minimum absolute atomic E-state index is 0.301. The van der Waals surface area contributed by atoms with Gasteiger partial charge in [0.2, 0.25) is 0 Å². The lowest BCUT2D eigenvalue weighted by Gasteiger charge is -2.34. The second kappa shape index (κ2) is 12.7. The third-order valence-corrected chi connectivity index (χ3v) is 7.47. The van der Waals surface area contributed by atoms with Crippen LogP contribution in [-0.4, -0.2) is 56.9 Å². The summed E-state index contributed by atoms with van der Waals surface area (Å²) in [5.74, 6) is 1.42. The molecule has 6 nitrogen and oxygen atoms in total. The van der Waals surface area contributed by atoms with Crippen molar-refractivity contribution >= 4 is 5.97 Å². The zero-order valence-corrected chi connectivity index (χ0v) is 22.4. The molecule has 1 saturated heterocycles. The van der Waals surface area contributed by atoms with E-state index in [1.165, 1.54) is 5.56 Å². The van der Waals surface area contributed by atoms with Gasteiger partial charge >= 0.3 is 5.97 Å².